The zero-order chi connectivity index (χ0) is 32.4. The van der Waals surface area contributed by atoms with Crippen LogP contribution in [0.3, 0.4) is 0 Å². The fourth-order valence-electron chi connectivity index (χ4n) is 5.63. The predicted molar refractivity (Wildman–Crippen MR) is 158 cm³/mol. The first-order valence-electron chi connectivity index (χ1n) is 14.9. The number of unbranched alkanes of at least 4 members (excludes halogenated alkanes) is 6. The number of carbonyl (C=O) groups is 1. The van der Waals surface area contributed by atoms with Crippen molar-refractivity contribution in [1.82, 2.24) is 0 Å². The van der Waals surface area contributed by atoms with Crippen molar-refractivity contribution in [2.24, 2.45) is 0 Å². The minimum absolute atomic E-state index is 0.107. The lowest BCUT2D eigenvalue weighted by atomic mass is 9.66. The highest BCUT2D eigenvalue weighted by atomic mass is 32.2. The van der Waals surface area contributed by atoms with Crippen molar-refractivity contribution in [1.29, 1.82) is 0 Å². The first kappa shape index (κ1) is 35.6. The number of fused-ring (bicyclic) bond motifs is 1. The summed E-state index contributed by atoms with van der Waals surface area (Å²) in [4.78, 5) is 10.9. The number of ether oxygens (including phenoxy) is 2. The van der Waals surface area contributed by atoms with Crippen LogP contribution in [0, 0.1) is 0 Å². The predicted octanol–water partition coefficient (Wildman–Crippen LogP) is 8.14. The standard InChI is InChI=1S/C32H41F5O6S/c1-30(23-11-13-24(38)14-12-23)22-43-28-20-25(42-21-29(39)40)15-16-26(28)27(30)10-7-5-3-2-4-6-8-18-44(41)19-9-17-31(33,34)32(35,36)37/h11-16,20,27,38H,2-10,17-19,21-22H2,1H3,(H,39,40). The molecule has 1 aliphatic heterocycles. The largest absolute Gasteiger partial charge is 0.508 e. The van der Waals surface area contributed by atoms with Gasteiger partial charge in [0.15, 0.2) is 6.61 Å². The van der Waals surface area contributed by atoms with Crippen LogP contribution >= 0.6 is 0 Å². The molecule has 3 atom stereocenters. The number of phenolic OH excluding ortho intramolecular Hbond substituents is 1. The Labute approximate surface area is 257 Å². The molecule has 0 radical (unpaired) electrons. The van der Waals surface area contributed by atoms with Crippen molar-refractivity contribution >= 4 is 16.8 Å². The lowest BCUT2D eigenvalue weighted by molar-refractivity contribution is -0.284. The van der Waals surface area contributed by atoms with Crippen LogP contribution in [0.5, 0.6) is 17.2 Å². The highest BCUT2D eigenvalue weighted by molar-refractivity contribution is 7.84. The highest BCUT2D eigenvalue weighted by Crippen LogP contribution is 2.50. The van der Waals surface area contributed by atoms with Crippen molar-refractivity contribution in [3.05, 3.63) is 53.6 Å². The topological polar surface area (TPSA) is 93.1 Å². The van der Waals surface area contributed by atoms with Crippen molar-refractivity contribution in [3.8, 4) is 17.2 Å². The fraction of sp³-hybridized carbons (Fsp3) is 0.594. The van der Waals surface area contributed by atoms with Gasteiger partial charge < -0.3 is 19.7 Å². The third-order valence-electron chi connectivity index (χ3n) is 8.19. The van der Waals surface area contributed by atoms with E-state index >= 15 is 0 Å². The van der Waals surface area contributed by atoms with Gasteiger partial charge in [-0.25, -0.2) is 4.79 Å². The summed E-state index contributed by atoms with van der Waals surface area (Å²) in [5.74, 6) is -4.27. The molecule has 1 aliphatic rings. The second-order valence-corrected chi connectivity index (χ2v) is 13.3. The average Bonchev–Trinajstić information content (AvgIpc) is 2.95. The van der Waals surface area contributed by atoms with E-state index in [4.69, 9.17) is 14.6 Å². The third-order valence-corrected chi connectivity index (χ3v) is 9.68. The summed E-state index contributed by atoms with van der Waals surface area (Å²) in [5, 5.41) is 18.7. The van der Waals surface area contributed by atoms with Gasteiger partial charge in [0.2, 0.25) is 0 Å². The van der Waals surface area contributed by atoms with E-state index in [1.807, 2.05) is 18.2 Å². The Hall–Kier alpha value is -2.89. The number of hydrogen-bond donors (Lipinski definition) is 2. The number of alkyl halides is 5. The third kappa shape index (κ3) is 10.1. The molecule has 1 heterocycles. The number of halogens is 5. The molecular weight excluding hydrogens is 607 g/mol. The van der Waals surface area contributed by atoms with Crippen LogP contribution in [-0.4, -0.2) is 57.2 Å². The second kappa shape index (κ2) is 15.9. The minimum Gasteiger partial charge on any atom is -0.508 e. The zero-order valence-electron chi connectivity index (χ0n) is 24.8. The van der Waals surface area contributed by atoms with Crippen molar-refractivity contribution < 1.29 is 50.6 Å². The van der Waals surface area contributed by atoms with Gasteiger partial charge in [-0.05, 0) is 48.6 Å². The molecule has 0 spiro atoms. The summed E-state index contributed by atoms with van der Waals surface area (Å²) in [6, 6.07) is 12.6. The number of phenols is 1. The van der Waals surface area contributed by atoms with Gasteiger partial charge in [0.05, 0.1) is 6.61 Å². The SMILES string of the molecule is CC1(c2ccc(O)cc2)COc2cc(OCC(=O)O)ccc2C1CCCCCCCCCS(=O)CCCC(F)(F)C(F)(F)F. The fourth-order valence-corrected chi connectivity index (χ4v) is 6.83. The molecule has 12 heteroatoms. The number of aliphatic carboxylic acids is 1. The number of benzene rings is 2. The number of carboxylic acids is 1. The van der Waals surface area contributed by atoms with Crippen LogP contribution < -0.4 is 9.47 Å². The maximum atomic E-state index is 13.0. The maximum absolute atomic E-state index is 13.0. The van der Waals surface area contributed by atoms with E-state index < -0.39 is 48.3 Å². The monoisotopic (exact) mass is 648 g/mol. The lowest BCUT2D eigenvalue weighted by Gasteiger charge is -2.43. The molecule has 2 aromatic rings. The van der Waals surface area contributed by atoms with E-state index in [1.54, 1.807) is 24.3 Å². The summed E-state index contributed by atoms with van der Waals surface area (Å²) >= 11 is 0. The molecule has 3 rings (SSSR count). The summed E-state index contributed by atoms with van der Waals surface area (Å²) in [5.41, 5.74) is 1.70. The van der Waals surface area contributed by atoms with Gasteiger partial charge >= 0.3 is 18.1 Å². The van der Waals surface area contributed by atoms with Crippen LogP contribution in [0.1, 0.15) is 88.2 Å². The quantitative estimate of drug-likeness (QED) is 0.125. The second-order valence-electron chi connectivity index (χ2n) is 11.6. The molecule has 44 heavy (non-hydrogen) atoms. The smallest absolute Gasteiger partial charge is 0.453 e. The van der Waals surface area contributed by atoms with E-state index in [0.29, 0.717) is 30.3 Å². The Bertz CT molecular complexity index is 1240. The summed E-state index contributed by atoms with van der Waals surface area (Å²) in [7, 11) is -1.40. The zero-order valence-corrected chi connectivity index (χ0v) is 25.7. The summed E-state index contributed by atoms with van der Waals surface area (Å²) in [6.45, 7) is 2.11. The number of hydrogen-bond acceptors (Lipinski definition) is 5. The van der Waals surface area contributed by atoms with E-state index in [9.17, 15) is 36.1 Å². The van der Waals surface area contributed by atoms with Gasteiger partial charge in [-0.15, -0.1) is 0 Å². The molecule has 0 saturated carbocycles. The number of rotatable bonds is 18. The average molecular weight is 649 g/mol. The molecule has 0 aliphatic carbocycles. The van der Waals surface area contributed by atoms with Crippen molar-refractivity contribution in [3.63, 3.8) is 0 Å². The first-order chi connectivity index (χ1) is 20.7. The van der Waals surface area contributed by atoms with Gasteiger partial charge in [0.1, 0.15) is 17.2 Å². The van der Waals surface area contributed by atoms with E-state index in [2.05, 4.69) is 6.92 Å². The molecule has 246 valence electrons. The Morgan fingerprint density at radius 2 is 1.57 bits per heavy atom. The maximum Gasteiger partial charge on any atom is 0.453 e. The molecule has 3 unspecified atom stereocenters. The van der Waals surface area contributed by atoms with E-state index in [-0.39, 0.29) is 22.8 Å². The molecule has 0 saturated heterocycles. The minimum atomic E-state index is -5.57. The van der Waals surface area contributed by atoms with Crippen molar-refractivity contribution in [2.45, 2.75) is 94.6 Å². The summed E-state index contributed by atoms with van der Waals surface area (Å²) in [6.07, 6.45) is -0.117. The lowest BCUT2D eigenvalue weighted by Crippen LogP contribution is -2.40. The van der Waals surface area contributed by atoms with E-state index in [0.717, 1.165) is 56.1 Å². The van der Waals surface area contributed by atoms with Gasteiger partial charge in [-0.1, -0.05) is 63.6 Å². The van der Waals surface area contributed by atoms with E-state index in [1.165, 1.54) is 0 Å². The number of aromatic hydroxyl groups is 1. The van der Waals surface area contributed by atoms with Gasteiger partial charge in [-0.2, -0.15) is 22.0 Å². The molecule has 0 fully saturated rings. The molecule has 0 aromatic heterocycles. The first-order valence-corrected chi connectivity index (χ1v) is 16.4. The Morgan fingerprint density at radius 3 is 2.20 bits per heavy atom. The molecule has 2 aromatic carbocycles. The molecule has 0 bridgehead atoms. The van der Waals surface area contributed by atoms with Crippen LogP contribution in [-0.2, 0) is 21.0 Å². The molecular formula is C32H41F5O6S. The highest BCUT2D eigenvalue weighted by Gasteiger charge is 2.56. The number of carboxylic acid groups (broad SMARTS) is 1. The molecule has 0 amide bonds. The van der Waals surface area contributed by atoms with Crippen LogP contribution in [0.2, 0.25) is 0 Å². The van der Waals surface area contributed by atoms with Crippen LogP contribution in [0.25, 0.3) is 0 Å². The molecule has 2 N–H and O–H groups in total. The van der Waals surface area contributed by atoms with Crippen LogP contribution in [0.15, 0.2) is 42.5 Å². The van der Waals surface area contributed by atoms with Gasteiger partial charge in [0, 0.05) is 46.1 Å². The summed E-state index contributed by atoms with van der Waals surface area (Å²) < 4.78 is 86.1. The normalized spacial score (nSPS) is 19.2. The van der Waals surface area contributed by atoms with Crippen molar-refractivity contribution in [2.75, 3.05) is 24.7 Å². The Morgan fingerprint density at radius 1 is 0.955 bits per heavy atom. The Balaban J connectivity index is 1.45. The Kier molecular flexibility index (Phi) is 12.9. The van der Waals surface area contributed by atoms with Crippen LogP contribution in [0.4, 0.5) is 22.0 Å². The molecule has 6 nitrogen and oxygen atoms in total. The van der Waals surface area contributed by atoms with Gasteiger partial charge in [0.25, 0.3) is 0 Å². The van der Waals surface area contributed by atoms with Gasteiger partial charge in [-0.3, -0.25) is 4.21 Å².